The van der Waals surface area contributed by atoms with Crippen LogP contribution in [0.5, 0.6) is 0 Å². The first-order chi connectivity index (χ1) is 5.64. The second-order valence-corrected chi connectivity index (χ2v) is 3.09. The fraction of sp³-hybridized carbons (Fsp3) is 0.556. The molecule has 0 spiro atoms. The third-order valence-electron chi connectivity index (χ3n) is 1.88. The summed E-state index contributed by atoms with van der Waals surface area (Å²) in [7, 11) is 1.88. The highest BCUT2D eigenvalue weighted by Crippen LogP contribution is 2.21. The van der Waals surface area contributed by atoms with Gasteiger partial charge in [-0.2, -0.15) is 0 Å². The number of rotatable bonds is 3. The maximum absolute atomic E-state index is 9.25. The SMILES string of the molecule is CNCCC1=CC=CC(O)(O)C1. The zero-order valence-electron chi connectivity index (χ0n) is 7.25. The highest BCUT2D eigenvalue weighted by atomic mass is 16.5. The van der Waals surface area contributed by atoms with Crippen molar-refractivity contribution >= 4 is 0 Å². The van der Waals surface area contributed by atoms with Crippen LogP contribution in [-0.2, 0) is 0 Å². The van der Waals surface area contributed by atoms with Crippen LogP contribution in [-0.4, -0.2) is 29.6 Å². The standard InChI is InChI=1S/C9H15NO2/c1-10-6-4-8-3-2-5-9(11,12)7-8/h2-3,5,10-12H,4,6-7H2,1H3. The maximum Gasteiger partial charge on any atom is 0.186 e. The van der Waals surface area contributed by atoms with E-state index in [4.69, 9.17) is 0 Å². The minimum atomic E-state index is -1.63. The van der Waals surface area contributed by atoms with Gasteiger partial charge < -0.3 is 15.5 Å². The molecule has 0 aromatic carbocycles. The summed E-state index contributed by atoms with van der Waals surface area (Å²) in [5.74, 6) is -1.63. The van der Waals surface area contributed by atoms with E-state index in [1.165, 1.54) is 6.08 Å². The van der Waals surface area contributed by atoms with Gasteiger partial charge in [0.1, 0.15) is 0 Å². The van der Waals surface area contributed by atoms with Crippen molar-refractivity contribution in [3.05, 3.63) is 23.8 Å². The normalized spacial score (nSPS) is 20.8. The van der Waals surface area contributed by atoms with Crippen molar-refractivity contribution in [3.8, 4) is 0 Å². The zero-order chi connectivity index (χ0) is 9.03. The predicted octanol–water partition coefficient (Wildman–Crippen LogP) is 0.163. The van der Waals surface area contributed by atoms with Gasteiger partial charge in [-0.1, -0.05) is 17.7 Å². The third-order valence-corrected chi connectivity index (χ3v) is 1.88. The molecule has 0 atom stereocenters. The molecule has 12 heavy (non-hydrogen) atoms. The molecule has 0 radical (unpaired) electrons. The van der Waals surface area contributed by atoms with Gasteiger partial charge in [0.25, 0.3) is 0 Å². The van der Waals surface area contributed by atoms with Gasteiger partial charge in [0.2, 0.25) is 0 Å². The molecule has 1 aliphatic rings. The first kappa shape index (κ1) is 9.45. The Balaban J connectivity index is 2.46. The molecule has 3 heteroatoms. The van der Waals surface area contributed by atoms with E-state index in [-0.39, 0.29) is 0 Å². The summed E-state index contributed by atoms with van der Waals surface area (Å²) >= 11 is 0. The average Bonchev–Trinajstić information content (AvgIpc) is 1.99. The van der Waals surface area contributed by atoms with Crippen molar-refractivity contribution in [1.82, 2.24) is 5.32 Å². The second kappa shape index (κ2) is 3.85. The van der Waals surface area contributed by atoms with Crippen molar-refractivity contribution in [2.24, 2.45) is 0 Å². The van der Waals surface area contributed by atoms with Crippen LogP contribution in [0.25, 0.3) is 0 Å². The third kappa shape index (κ3) is 2.77. The summed E-state index contributed by atoms with van der Waals surface area (Å²) in [6.07, 6.45) is 6.21. The molecule has 0 heterocycles. The Morgan fingerprint density at radius 1 is 1.58 bits per heavy atom. The van der Waals surface area contributed by atoms with Crippen LogP contribution in [0.15, 0.2) is 23.8 Å². The van der Waals surface area contributed by atoms with Gasteiger partial charge in [-0.25, -0.2) is 0 Å². The van der Waals surface area contributed by atoms with Crippen molar-refractivity contribution in [1.29, 1.82) is 0 Å². The van der Waals surface area contributed by atoms with E-state index in [1.807, 2.05) is 13.1 Å². The van der Waals surface area contributed by atoms with E-state index < -0.39 is 5.79 Å². The number of nitrogens with one attached hydrogen (secondary N) is 1. The molecule has 0 amide bonds. The zero-order valence-corrected chi connectivity index (χ0v) is 7.25. The monoisotopic (exact) mass is 169 g/mol. The Morgan fingerprint density at radius 3 is 2.92 bits per heavy atom. The fourth-order valence-corrected chi connectivity index (χ4v) is 1.25. The van der Waals surface area contributed by atoms with Gasteiger partial charge in [-0.3, -0.25) is 0 Å². The molecular weight excluding hydrogens is 154 g/mol. The lowest BCUT2D eigenvalue weighted by Crippen LogP contribution is -2.27. The quantitative estimate of drug-likeness (QED) is 0.528. The highest BCUT2D eigenvalue weighted by molar-refractivity contribution is 5.22. The second-order valence-electron chi connectivity index (χ2n) is 3.09. The van der Waals surface area contributed by atoms with Crippen molar-refractivity contribution in [3.63, 3.8) is 0 Å². The van der Waals surface area contributed by atoms with Gasteiger partial charge in [0.05, 0.1) is 0 Å². The van der Waals surface area contributed by atoms with E-state index >= 15 is 0 Å². The molecule has 0 bridgehead atoms. The Kier molecular flexibility index (Phi) is 3.03. The van der Waals surface area contributed by atoms with Crippen LogP contribution in [0.3, 0.4) is 0 Å². The number of aliphatic hydroxyl groups is 2. The van der Waals surface area contributed by atoms with Crippen LogP contribution < -0.4 is 5.32 Å². The van der Waals surface area contributed by atoms with Gasteiger partial charge in [-0.05, 0) is 26.1 Å². The van der Waals surface area contributed by atoms with E-state index in [9.17, 15) is 10.2 Å². The number of hydrogen-bond donors (Lipinski definition) is 3. The Labute approximate surface area is 72.4 Å². The van der Waals surface area contributed by atoms with Crippen LogP contribution >= 0.6 is 0 Å². The molecule has 0 aromatic heterocycles. The molecule has 0 fully saturated rings. The van der Waals surface area contributed by atoms with Gasteiger partial charge >= 0.3 is 0 Å². The van der Waals surface area contributed by atoms with Gasteiger partial charge in [-0.15, -0.1) is 0 Å². The lowest BCUT2D eigenvalue weighted by Gasteiger charge is -2.22. The van der Waals surface area contributed by atoms with Gasteiger partial charge in [0, 0.05) is 6.42 Å². The largest absolute Gasteiger partial charge is 0.362 e. The van der Waals surface area contributed by atoms with Crippen LogP contribution in [0.4, 0.5) is 0 Å². The first-order valence-electron chi connectivity index (χ1n) is 4.11. The highest BCUT2D eigenvalue weighted by Gasteiger charge is 2.22. The first-order valence-corrected chi connectivity index (χ1v) is 4.11. The molecule has 3 N–H and O–H groups in total. The molecule has 1 aliphatic carbocycles. The molecule has 3 nitrogen and oxygen atoms in total. The topological polar surface area (TPSA) is 52.5 Å². The van der Waals surface area contributed by atoms with E-state index in [0.717, 1.165) is 18.5 Å². The summed E-state index contributed by atoms with van der Waals surface area (Å²) in [6.45, 7) is 0.871. The fourth-order valence-electron chi connectivity index (χ4n) is 1.25. The number of hydrogen-bond acceptors (Lipinski definition) is 3. The van der Waals surface area contributed by atoms with Gasteiger partial charge in [0.15, 0.2) is 5.79 Å². The summed E-state index contributed by atoms with van der Waals surface area (Å²) in [6, 6.07) is 0. The number of allylic oxidation sites excluding steroid dienone is 2. The summed E-state index contributed by atoms with van der Waals surface area (Å²) in [4.78, 5) is 0. The molecule has 0 saturated carbocycles. The van der Waals surface area contributed by atoms with Crippen molar-refractivity contribution in [2.75, 3.05) is 13.6 Å². The van der Waals surface area contributed by atoms with Crippen LogP contribution in [0.2, 0.25) is 0 Å². The summed E-state index contributed by atoms with van der Waals surface area (Å²) in [5.41, 5.74) is 1.07. The summed E-state index contributed by atoms with van der Waals surface area (Å²) < 4.78 is 0. The lowest BCUT2D eigenvalue weighted by molar-refractivity contribution is -0.117. The van der Waals surface area contributed by atoms with E-state index in [1.54, 1.807) is 6.08 Å². The van der Waals surface area contributed by atoms with E-state index in [0.29, 0.717) is 6.42 Å². The Morgan fingerprint density at radius 2 is 2.33 bits per heavy atom. The molecular formula is C9H15NO2. The lowest BCUT2D eigenvalue weighted by atomic mass is 9.97. The predicted molar refractivity (Wildman–Crippen MR) is 47.6 cm³/mol. The van der Waals surface area contributed by atoms with Crippen molar-refractivity contribution in [2.45, 2.75) is 18.6 Å². The average molecular weight is 169 g/mol. The minimum Gasteiger partial charge on any atom is -0.362 e. The van der Waals surface area contributed by atoms with Crippen LogP contribution in [0, 0.1) is 0 Å². The van der Waals surface area contributed by atoms with Crippen LogP contribution in [0.1, 0.15) is 12.8 Å². The molecule has 0 unspecified atom stereocenters. The molecule has 0 aliphatic heterocycles. The Hall–Kier alpha value is -0.640. The van der Waals surface area contributed by atoms with E-state index in [2.05, 4.69) is 5.32 Å². The molecule has 1 rings (SSSR count). The summed E-state index contributed by atoms with van der Waals surface area (Å²) in [5, 5.41) is 21.5. The molecule has 0 saturated heterocycles. The Bertz CT molecular complexity index is 207. The maximum atomic E-state index is 9.25. The smallest absolute Gasteiger partial charge is 0.186 e. The molecule has 0 aromatic rings. The van der Waals surface area contributed by atoms with Crippen molar-refractivity contribution < 1.29 is 10.2 Å². The molecule has 68 valence electrons. The minimum absolute atomic E-state index is 0.325.